The van der Waals surface area contributed by atoms with Crippen LogP contribution in [0, 0.1) is 10.1 Å². The van der Waals surface area contributed by atoms with E-state index in [4.69, 9.17) is 11.6 Å². The molecule has 144 valence electrons. The molecule has 8 nitrogen and oxygen atoms in total. The molecule has 0 saturated heterocycles. The Hall–Kier alpha value is -3.04. The smallest absolute Gasteiger partial charge is 0.270 e. The third-order valence-corrected chi connectivity index (χ3v) is 5.02. The summed E-state index contributed by atoms with van der Waals surface area (Å²) in [6.07, 6.45) is 1.17. The molecule has 28 heavy (non-hydrogen) atoms. The van der Waals surface area contributed by atoms with Gasteiger partial charge in [0.15, 0.2) is 5.13 Å². The quantitative estimate of drug-likeness (QED) is 0.438. The number of non-ortho nitro benzene ring substituents is 1. The standard InChI is InChI=1S/C18H15ClN4O4S/c1-2-3-16(24)22-18-21-14-7-4-10(8-15(14)28-18)20-17(25)12-6-5-11(23(26)27)9-13(12)19/h4-9H,2-3H2,1H3,(H,20,25)(H,21,22,24). The minimum absolute atomic E-state index is 0.00788. The van der Waals surface area contributed by atoms with Crippen molar-refractivity contribution in [2.24, 2.45) is 0 Å². The van der Waals surface area contributed by atoms with E-state index in [0.717, 1.165) is 17.2 Å². The molecule has 0 atom stereocenters. The fourth-order valence-corrected chi connectivity index (χ4v) is 3.65. The van der Waals surface area contributed by atoms with Crippen molar-refractivity contribution in [1.29, 1.82) is 0 Å². The lowest BCUT2D eigenvalue weighted by molar-refractivity contribution is -0.384. The molecule has 2 amide bonds. The van der Waals surface area contributed by atoms with Gasteiger partial charge < -0.3 is 10.6 Å². The molecule has 0 fully saturated rings. The fourth-order valence-electron chi connectivity index (χ4n) is 2.46. The van der Waals surface area contributed by atoms with Gasteiger partial charge in [0, 0.05) is 24.2 Å². The first-order valence-electron chi connectivity index (χ1n) is 8.33. The zero-order valence-electron chi connectivity index (χ0n) is 14.7. The van der Waals surface area contributed by atoms with Gasteiger partial charge in [-0.1, -0.05) is 29.9 Å². The fraction of sp³-hybridized carbons (Fsp3) is 0.167. The summed E-state index contributed by atoms with van der Waals surface area (Å²) < 4.78 is 0.791. The van der Waals surface area contributed by atoms with Crippen molar-refractivity contribution in [3.8, 4) is 0 Å². The Morgan fingerprint density at radius 3 is 2.68 bits per heavy atom. The van der Waals surface area contributed by atoms with Crippen LogP contribution >= 0.6 is 22.9 Å². The third kappa shape index (κ3) is 4.44. The second-order valence-electron chi connectivity index (χ2n) is 5.88. The summed E-state index contributed by atoms with van der Waals surface area (Å²) in [5.41, 5.74) is 1.15. The molecular weight excluding hydrogens is 404 g/mol. The van der Waals surface area contributed by atoms with Gasteiger partial charge in [-0.15, -0.1) is 0 Å². The van der Waals surface area contributed by atoms with E-state index in [9.17, 15) is 19.7 Å². The molecule has 0 aliphatic rings. The van der Waals surface area contributed by atoms with Crippen LogP contribution in [0.3, 0.4) is 0 Å². The molecule has 0 spiro atoms. The Labute approximate surface area is 168 Å². The number of nitro benzene ring substituents is 1. The van der Waals surface area contributed by atoms with Crippen LogP contribution in [-0.4, -0.2) is 21.7 Å². The number of aromatic nitrogens is 1. The Kier molecular flexibility index (Phi) is 5.86. The zero-order valence-corrected chi connectivity index (χ0v) is 16.3. The number of carbonyl (C=O) groups is 2. The van der Waals surface area contributed by atoms with Crippen molar-refractivity contribution < 1.29 is 14.5 Å². The topological polar surface area (TPSA) is 114 Å². The van der Waals surface area contributed by atoms with E-state index in [1.165, 1.54) is 23.5 Å². The van der Waals surface area contributed by atoms with Gasteiger partial charge >= 0.3 is 0 Å². The molecule has 0 bridgehead atoms. The van der Waals surface area contributed by atoms with Crippen LogP contribution in [-0.2, 0) is 4.79 Å². The number of benzene rings is 2. The highest BCUT2D eigenvalue weighted by atomic mass is 35.5. The lowest BCUT2D eigenvalue weighted by atomic mass is 10.2. The van der Waals surface area contributed by atoms with Crippen molar-refractivity contribution in [1.82, 2.24) is 4.98 Å². The predicted octanol–water partition coefficient (Wildman–Crippen LogP) is 4.85. The van der Waals surface area contributed by atoms with Gasteiger partial charge in [0.1, 0.15) is 0 Å². The summed E-state index contributed by atoms with van der Waals surface area (Å²) in [7, 11) is 0. The highest BCUT2D eigenvalue weighted by Crippen LogP contribution is 2.29. The maximum absolute atomic E-state index is 12.4. The van der Waals surface area contributed by atoms with Crippen LogP contribution in [0.2, 0.25) is 5.02 Å². The molecule has 0 unspecified atom stereocenters. The summed E-state index contributed by atoms with van der Waals surface area (Å²) in [5.74, 6) is -0.580. The molecule has 0 aliphatic heterocycles. The summed E-state index contributed by atoms with van der Waals surface area (Å²) in [6.45, 7) is 1.92. The molecule has 10 heteroatoms. The number of fused-ring (bicyclic) bond motifs is 1. The van der Waals surface area contributed by atoms with Crippen molar-refractivity contribution >= 4 is 61.5 Å². The number of hydrogen-bond acceptors (Lipinski definition) is 6. The molecular formula is C18H15ClN4O4S. The lowest BCUT2D eigenvalue weighted by Crippen LogP contribution is -2.12. The van der Waals surface area contributed by atoms with E-state index in [-0.39, 0.29) is 22.2 Å². The Balaban J connectivity index is 1.77. The maximum Gasteiger partial charge on any atom is 0.270 e. The Morgan fingerprint density at radius 2 is 2.00 bits per heavy atom. The number of hydrogen-bond donors (Lipinski definition) is 2. The average Bonchev–Trinajstić information content (AvgIpc) is 3.02. The molecule has 2 aromatic carbocycles. The SMILES string of the molecule is CCCC(=O)Nc1nc2ccc(NC(=O)c3ccc([N+](=O)[O-])cc3Cl)cc2s1. The van der Waals surface area contributed by atoms with E-state index >= 15 is 0 Å². The van der Waals surface area contributed by atoms with Crippen LogP contribution in [0.4, 0.5) is 16.5 Å². The highest BCUT2D eigenvalue weighted by molar-refractivity contribution is 7.22. The largest absolute Gasteiger partial charge is 0.322 e. The average molecular weight is 419 g/mol. The molecule has 0 radical (unpaired) electrons. The van der Waals surface area contributed by atoms with Crippen LogP contribution in [0.15, 0.2) is 36.4 Å². The summed E-state index contributed by atoms with van der Waals surface area (Å²) in [6, 6.07) is 8.81. The molecule has 1 heterocycles. The lowest BCUT2D eigenvalue weighted by Gasteiger charge is -2.06. The number of carbonyl (C=O) groups excluding carboxylic acids is 2. The maximum atomic E-state index is 12.4. The monoisotopic (exact) mass is 418 g/mol. The highest BCUT2D eigenvalue weighted by Gasteiger charge is 2.16. The number of anilines is 2. The second kappa shape index (κ2) is 8.32. The first kappa shape index (κ1) is 19.7. The summed E-state index contributed by atoms with van der Waals surface area (Å²) in [5, 5.41) is 16.7. The number of nitrogens with zero attached hydrogens (tertiary/aromatic N) is 2. The van der Waals surface area contributed by atoms with Crippen molar-refractivity contribution in [3.05, 3.63) is 57.1 Å². The van der Waals surface area contributed by atoms with Gasteiger partial charge in [0.2, 0.25) is 5.91 Å². The van der Waals surface area contributed by atoms with Crippen LogP contribution in [0.5, 0.6) is 0 Å². The first-order valence-corrected chi connectivity index (χ1v) is 9.52. The number of amides is 2. The van der Waals surface area contributed by atoms with E-state index < -0.39 is 10.8 Å². The molecule has 0 saturated carbocycles. The molecule has 3 rings (SSSR count). The molecule has 1 aromatic heterocycles. The van der Waals surface area contributed by atoms with Gasteiger partial charge in [0.25, 0.3) is 11.6 Å². The van der Waals surface area contributed by atoms with Gasteiger partial charge in [-0.3, -0.25) is 19.7 Å². The Bertz CT molecular complexity index is 1080. The molecule has 3 aromatic rings. The summed E-state index contributed by atoms with van der Waals surface area (Å²) in [4.78, 5) is 38.7. The van der Waals surface area contributed by atoms with Crippen molar-refractivity contribution in [2.75, 3.05) is 10.6 Å². The van der Waals surface area contributed by atoms with Crippen LogP contribution in [0.1, 0.15) is 30.1 Å². The number of nitrogens with one attached hydrogen (secondary N) is 2. The van der Waals surface area contributed by atoms with E-state index in [2.05, 4.69) is 15.6 Å². The van der Waals surface area contributed by atoms with E-state index in [1.54, 1.807) is 18.2 Å². The number of nitro groups is 1. The normalized spacial score (nSPS) is 10.6. The van der Waals surface area contributed by atoms with E-state index in [0.29, 0.717) is 22.8 Å². The number of rotatable bonds is 6. The minimum Gasteiger partial charge on any atom is -0.322 e. The van der Waals surface area contributed by atoms with Crippen LogP contribution in [0.25, 0.3) is 10.2 Å². The van der Waals surface area contributed by atoms with Gasteiger partial charge in [-0.05, 0) is 30.7 Å². The van der Waals surface area contributed by atoms with Gasteiger partial charge in [-0.25, -0.2) is 4.98 Å². The first-order chi connectivity index (χ1) is 13.4. The minimum atomic E-state index is -0.581. The van der Waals surface area contributed by atoms with Crippen molar-refractivity contribution in [3.63, 3.8) is 0 Å². The number of halogens is 1. The van der Waals surface area contributed by atoms with Gasteiger partial charge in [-0.2, -0.15) is 0 Å². The van der Waals surface area contributed by atoms with Crippen molar-refractivity contribution in [2.45, 2.75) is 19.8 Å². The number of thiazole rings is 1. The summed E-state index contributed by atoms with van der Waals surface area (Å²) >= 11 is 7.30. The van der Waals surface area contributed by atoms with E-state index in [1.807, 2.05) is 6.92 Å². The third-order valence-electron chi connectivity index (χ3n) is 3.78. The predicted molar refractivity (Wildman–Crippen MR) is 109 cm³/mol. The second-order valence-corrected chi connectivity index (χ2v) is 7.31. The molecule has 0 aliphatic carbocycles. The Morgan fingerprint density at radius 1 is 1.21 bits per heavy atom. The zero-order chi connectivity index (χ0) is 20.3. The van der Waals surface area contributed by atoms with Gasteiger partial charge in [0.05, 0.1) is 25.7 Å². The van der Waals surface area contributed by atoms with Crippen LogP contribution < -0.4 is 10.6 Å². The molecule has 2 N–H and O–H groups in total.